The Morgan fingerprint density at radius 1 is 1.32 bits per heavy atom. The first-order chi connectivity index (χ1) is 8.86. The number of aromatic amines is 2. The van der Waals surface area contributed by atoms with Crippen LogP contribution in [0.4, 0.5) is 0 Å². The van der Waals surface area contributed by atoms with Crippen LogP contribution in [0.5, 0.6) is 0 Å². The Morgan fingerprint density at radius 3 is 2.32 bits per heavy atom. The molecule has 0 saturated heterocycles. The van der Waals surface area contributed by atoms with E-state index in [9.17, 15) is 24.3 Å². The molecule has 0 aliphatic heterocycles. The zero-order valence-electron chi connectivity index (χ0n) is 10.6. The van der Waals surface area contributed by atoms with E-state index in [1.54, 1.807) is 13.8 Å². The molecule has 0 atom stereocenters. The number of carboxylic acids is 1. The third-order valence-electron chi connectivity index (χ3n) is 3.03. The summed E-state index contributed by atoms with van der Waals surface area (Å²) in [6.45, 7) is 3.24. The maximum absolute atomic E-state index is 11.9. The molecule has 0 aromatic carbocycles. The van der Waals surface area contributed by atoms with Gasteiger partial charge >= 0.3 is 11.7 Å². The number of H-pyrrole nitrogens is 2. The van der Waals surface area contributed by atoms with Crippen molar-refractivity contribution in [3.05, 3.63) is 32.6 Å². The molecule has 1 amide bonds. The third kappa shape index (κ3) is 2.90. The van der Waals surface area contributed by atoms with Crippen LogP contribution in [0.25, 0.3) is 0 Å². The lowest BCUT2D eigenvalue weighted by molar-refractivity contribution is -0.144. The van der Waals surface area contributed by atoms with E-state index in [2.05, 4.69) is 10.3 Å². The Bertz CT molecular complexity index is 597. The molecule has 104 valence electrons. The molecule has 8 heteroatoms. The molecule has 19 heavy (non-hydrogen) atoms. The summed E-state index contributed by atoms with van der Waals surface area (Å²) in [5, 5.41) is 11.5. The van der Waals surface area contributed by atoms with Gasteiger partial charge in [-0.2, -0.15) is 0 Å². The van der Waals surface area contributed by atoms with E-state index < -0.39 is 28.7 Å². The minimum Gasteiger partial charge on any atom is -0.480 e. The lowest BCUT2D eigenvalue weighted by atomic mass is 9.92. The Balaban J connectivity index is 3.11. The molecule has 1 aromatic rings. The van der Waals surface area contributed by atoms with Crippen LogP contribution in [0.3, 0.4) is 0 Å². The minimum atomic E-state index is -1.43. The normalized spacial score (nSPS) is 11.1. The number of hydrogen-bond acceptors (Lipinski definition) is 4. The number of carbonyl (C=O) groups is 2. The fourth-order valence-electron chi connectivity index (χ4n) is 1.65. The van der Waals surface area contributed by atoms with Crippen LogP contribution in [0.2, 0.25) is 0 Å². The van der Waals surface area contributed by atoms with Crippen molar-refractivity contribution in [2.75, 3.05) is 0 Å². The van der Waals surface area contributed by atoms with Gasteiger partial charge in [0.25, 0.3) is 11.5 Å². The molecule has 8 nitrogen and oxygen atoms in total. The number of aliphatic carboxylic acids is 1. The molecule has 0 bridgehead atoms. The molecule has 0 fully saturated rings. The number of carbonyl (C=O) groups excluding carboxylic acids is 1. The Labute approximate surface area is 107 Å². The van der Waals surface area contributed by atoms with E-state index in [1.165, 1.54) is 0 Å². The maximum atomic E-state index is 11.9. The summed E-state index contributed by atoms with van der Waals surface area (Å²) in [6.07, 6.45) is 1.30. The summed E-state index contributed by atoms with van der Waals surface area (Å²) in [7, 11) is 0. The molecule has 1 heterocycles. The second-order valence-electron chi connectivity index (χ2n) is 4.03. The van der Waals surface area contributed by atoms with Crippen molar-refractivity contribution in [2.45, 2.75) is 32.2 Å². The number of nitrogens with one attached hydrogen (secondary N) is 3. The average Bonchev–Trinajstić information content (AvgIpc) is 2.35. The van der Waals surface area contributed by atoms with E-state index in [4.69, 9.17) is 0 Å². The van der Waals surface area contributed by atoms with Gasteiger partial charge in [-0.3, -0.25) is 14.6 Å². The van der Waals surface area contributed by atoms with E-state index in [-0.39, 0.29) is 18.4 Å². The van der Waals surface area contributed by atoms with E-state index in [0.29, 0.717) is 0 Å². The Hall–Kier alpha value is -2.38. The van der Waals surface area contributed by atoms with Gasteiger partial charge < -0.3 is 15.4 Å². The molecular formula is C11H15N3O5. The number of rotatable bonds is 5. The first-order valence-electron chi connectivity index (χ1n) is 5.74. The van der Waals surface area contributed by atoms with Gasteiger partial charge in [-0.1, -0.05) is 13.8 Å². The number of amides is 1. The summed E-state index contributed by atoms with van der Waals surface area (Å²) < 4.78 is 0. The molecule has 0 aliphatic carbocycles. The van der Waals surface area contributed by atoms with Crippen LogP contribution in [0.15, 0.2) is 15.8 Å². The molecule has 0 saturated carbocycles. The molecule has 0 aliphatic rings. The zero-order chi connectivity index (χ0) is 14.6. The van der Waals surface area contributed by atoms with Gasteiger partial charge in [0.15, 0.2) is 0 Å². The van der Waals surface area contributed by atoms with Crippen LogP contribution in [-0.2, 0) is 4.79 Å². The fourth-order valence-corrected chi connectivity index (χ4v) is 1.65. The van der Waals surface area contributed by atoms with Crippen molar-refractivity contribution in [1.29, 1.82) is 0 Å². The van der Waals surface area contributed by atoms with Crippen molar-refractivity contribution < 1.29 is 14.7 Å². The standard InChI is InChI=1S/C11H15N3O5/c1-3-11(4-2,9(17)18)14-8(16)6-5-12-10(19)13-7(6)15/h5H,3-4H2,1-2H3,(H,14,16)(H,17,18)(H2,12,13,15,19). The van der Waals surface area contributed by atoms with E-state index in [0.717, 1.165) is 6.20 Å². The molecule has 4 N–H and O–H groups in total. The lowest BCUT2D eigenvalue weighted by Crippen LogP contribution is -2.54. The summed E-state index contributed by atoms with van der Waals surface area (Å²) in [5.74, 6) is -2.02. The van der Waals surface area contributed by atoms with E-state index >= 15 is 0 Å². The summed E-state index contributed by atoms with van der Waals surface area (Å²) in [4.78, 5) is 49.4. The maximum Gasteiger partial charge on any atom is 0.329 e. The molecular weight excluding hydrogens is 254 g/mol. The highest BCUT2D eigenvalue weighted by molar-refractivity contribution is 5.97. The molecule has 1 rings (SSSR count). The van der Waals surface area contributed by atoms with Crippen LogP contribution < -0.4 is 16.6 Å². The van der Waals surface area contributed by atoms with Crippen molar-refractivity contribution in [2.24, 2.45) is 0 Å². The van der Waals surface area contributed by atoms with Gasteiger partial charge in [0.2, 0.25) is 0 Å². The third-order valence-corrected chi connectivity index (χ3v) is 3.03. The van der Waals surface area contributed by atoms with Gasteiger partial charge in [0, 0.05) is 6.20 Å². The predicted molar refractivity (Wildman–Crippen MR) is 66.1 cm³/mol. The summed E-state index contributed by atoms with van der Waals surface area (Å²) in [5.41, 5.74) is -3.38. The van der Waals surface area contributed by atoms with Crippen LogP contribution >= 0.6 is 0 Å². The highest BCUT2D eigenvalue weighted by Gasteiger charge is 2.37. The topological polar surface area (TPSA) is 132 Å². The molecule has 0 unspecified atom stereocenters. The van der Waals surface area contributed by atoms with Crippen molar-refractivity contribution >= 4 is 11.9 Å². The highest BCUT2D eigenvalue weighted by atomic mass is 16.4. The van der Waals surface area contributed by atoms with Crippen molar-refractivity contribution in [3.8, 4) is 0 Å². The van der Waals surface area contributed by atoms with Crippen LogP contribution in [0.1, 0.15) is 37.0 Å². The molecule has 1 aromatic heterocycles. The smallest absolute Gasteiger partial charge is 0.329 e. The highest BCUT2D eigenvalue weighted by Crippen LogP contribution is 2.15. The van der Waals surface area contributed by atoms with E-state index in [1.807, 2.05) is 4.98 Å². The quantitative estimate of drug-likeness (QED) is 0.568. The summed E-state index contributed by atoms with van der Waals surface area (Å²) in [6, 6.07) is 0. The number of carboxylic acid groups (broad SMARTS) is 1. The minimum absolute atomic E-state index is 0.172. The van der Waals surface area contributed by atoms with Gasteiger partial charge in [0.1, 0.15) is 11.1 Å². The monoisotopic (exact) mass is 269 g/mol. The SMILES string of the molecule is CCC(CC)(NC(=O)c1c[nH]c(=O)[nH]c1=O)C(=O)O. The van der Waals surface area contributed by atoms with Crippen molar-refractivity contribution in [1.82, 2.24) is 15.3 Å². The largest absolute Gasteiger partial charge is 0.480 e. The Morgan fingerprint density at radius 2 is 1.89 bits per heavy atom. The van der Waals surface area contributed by atoms with Crippen LogP contribution in [-0.4, -0.2) is 32.5 Å². The summed E-state index contributed by atoms with van der Waals surface area (Å²) >= 11 is 0. The van der Waals surface area contributed by atoms with Crippen LogP contribution in [0, 0.1) is 0 Å². The lowest BCUT2D eigenvalue weighted by Gasteiger charge is -2.27. The number of aromatic nitrogens is 2. The average molecular weight is 269 g/mol. The fraction of sp³-hybridized carbons (Fsp3) is 0.455. The second-order valence-corrected chi connectivity index (χ2v) is 4.03. The zero-order valence-corrected chi connectivity index (χ0v) is 10.6. The van der Waals surface area contributed by atoms with Gasteiger partial charge in [-0.25, -0.2) is 9.59 Å². The van der Waals surface area contributed by atoms with Gasteiger partial charge in [-0.05, 0) is 12.8 Å². The molecule has 0 spiro atoms. The van der Waals surface area contributed by atoms with Gasteiger partial charge in [0.05, 0.1) is 0 Å². The van der Waals surface area contributed by atoms with Gasteiger partial charge in [-0.15, -0.1) is 0 Å². The second kappa shape index (κ2) is 5.51. The number of hydrogen-bond donors (Lipinski definition) is 4. The molecule has 0 radical (unpaired) electrons. The first kappa shape index (κ1) is 14.7. The van der Waals surface area contributed by atoms with Crippen molar-refractivity contribution in [3.63, 3.8) is 0 Å². The first-order valence-corrected chi connectivity index (χ1v) is 5.74. The predicted octanol–water partition coefficient (Wildman–Crippen LogP) is -0.564. The Kier molecular flexibility index (Phi) is 4.26.